The van der Waals surface area contributed by atoms with Crippen LogP contribution in [0.4, 0.5) is 10.2 Å². The molecular formula is C30H29FN6O4S. The van der Waals surface area contributed by atoms with E-state index >= 15 is 0 Å². The van der Waals surface area contributed by atoms with Crippen LogP contribution in [0.25, 0.3) is 5.69 Å². The lowest BCUT2D eigenvalue weighted by molar-refractivity contribution is 0.0394. The van der Waals surface area contributed by atoms with Crippen molar-refractivity contribution in [1.29, 1.82) is 0 Å². The minimum Gasteiger partial charge on any atom is -0.488 e. The summed E-state index contributed by atoms with van der Waals surface area (Å²) in [6, 6.07) is 12.8. The van der Waals surface area contributed by atoms with Crippen LogP contribution in [0.2, 0.25) is 0 Å². The van der Waals surface area contributed by atoms with Gasteiger partial charge in [-0.25, -0.2) is 22.5 Å². The Hall–Kier alpha value is -4.16. The molecule has 216 valence electrons. The van der Waals surface area contributed by atoms with Crippen LogP contribution in [0, 0.1) is 17.2 Å². The van der Waals surface area contributed by atoms with Crippen molar-refractivity contribution >= 4 is 21.6 Å². The van der Waals surface area contributed by atoms with Gasteiger partial charge in [0.25, 0.3) is 0 Å². The number of nitrogens with zero attached hydrogens (tertiary/aromatic N) is 6. The summed E-state index contributed by atoms with van der Waals surface area (Å²) in [6.45, 7) is 1.36. The monoisotopic (exact) mass is 588 g/mol. The van der Waals surface area contributed by atoms with Crippen LogP contribution in [0.3, 0.4) is 0 Å². The molecule has 1 fully saturated rings. The normalized spacial score (nSPS) is 22.0. The highest BCUT2D eigenvalue weighted by Crippen LogP contribution is 2.48. The van der Waals surface area contributed by atoms with Gasteiger partial charge in [0.2, 0.25) is 10.0 Å². The molecule has 3 aliphatic rings. The van der Waals surface area contributed by atoms with Crippen LogP contribution in [-0.4, -0.2) is 71.5 Å². The zero-order valence-corrected chi connectivity index (χ0v) is 23.8. The maximum absolute atomic E-state index is 14.3. The molecule has 3 aromatic heterocycles. The number of ether oxygens (including phenoxy) is 1. The molecule has 42 heavy (non-hydrogen) atoms. The number of fused-ring (bicyclic) bond motifs is 3. The Kier molecular flexibility index (Phi) is 6.35. The van der Waals surface area contributed by atoms with E-state index in [4.69, 9.17) is 4.74 Å². The predicted octanol–water partition coefficient (Wildman–Crippen LogP) is 3.31. The van der Waals surface area contributed by atoms with Gasteiger partial charge in [-0.05, 0) is 67.1 Å². The van der Waals surface area contributed by atoms with Crippen LogP contribution >= 0.6 is 0 Å². The summed E-state index contributed by atoms with van der Waals surface area (Å²) in [6.07, 6.45) is 5.99. The summed E-state index contributed by atoms with van der Waals surface area (Å²) >= 11 is 0. The molecule has 1 aromatic carbocycles. The first kappa shape index (κ1) is 26.7. The molecule has 1 aliphatic carbocycles. The summed E-state index contributed by atoms with van der Waals surface area (Å²) < 4.78 is 50.6. The van der Waals surface area contributed by atoms with Gasteiger partial charge in [-0.1, -0.05) is 6.07 Å². The van der Waals surface area contributed by atoms with Gasteiger partial charge >= 0.3 is 0 Å². The standard InChI is InChI=1S/C30H29FN6O4S/c1-35-12-13-41-27-15-24(18-33-29(27)35)42(39,40)36-11-9-21-14-26-20(17-34-37(26)23-7-5-22(31)6-8-23)16-30(21,19-36)28(38)25-4-2-3-10-32-25/h2-8,10,15,17-18,21H,9,11-14,16,19H2,1H3. The number of carbonyl (C=O) groups excluding carboxylic acids is 1. The van der Waals surface area contributed by atoms with E-state index in [1.54, 1.807) is 47.4 Å². The van der Waals surface area contributed by atoms with E-state index < -0.39 is 15.4 Å². The number of ketones is 1. The SMILES string of the molecule is CN1CCOc2cc(S(=O)(=O)N3CCC4Cc5c(cnn5-c5ccc(F)cc5)CC4(C(=O)c4ccccn4)C3)cnc21. The van der Waals surface area contributed by atoms with Crippen molar-refractivity contribution in [3.63, 3.8) is 0 Å². The third-order valence-corrected chi connectivity index (χ3v) is 10.6. The number of rotatable bonds is 5. The Labute approximate surface area is 242 Å². The van der Waals surface area contributed by atoms with Crippen LogP contribution in [0.1, 0.15) is 28.2 Å². The zero-order valence-electron chi connectivity index (χ0n) is 23.0. The summed E-state index contributed by atoms with van der Waals surface area (Å²) in [5.41, 5.74) is 1.82. The second-order valence-electron chi connectivity index (χ2n) is 11.2. The first-order chi connectivity index (χ1) is 20.3. The largest absolute Gasteiger partial charge is 0.488 e. The van der Waals surface area contributed by atoms with E-state index in [-0.39, 0.29) is 35.5 Å². The van der Waals surface area contributed by atoms with Crippen molar-refractivity contribution in [1.82, 2.24) is 24.1 Å². The fourth-order valence-corrected chi connectivity index (χ4v) is 8.03. The third kappa shape index (κ3) is 4.28. The van der Waals surface area contributed by atoms with Gasteiger partial charge in [0, 0.05) is 44.3 Å². The van der Waals surface area contributed by atoms with E-state index in [0.717, 1.165) is 16.9 Å². The van der Waals surface area contributed by atoms with Gasteiger partial charge in [-0.15, -0.1) is 0 Å². The lowest BCUT2D eigenvalue weighted by atomic mass is 9.60. The Balaban J connectivity index is 1.28. The van der Waals surface area contributed by atoms with Crippen molar-refractivity contribution in [3.8, 4) is 11.4 Å². The van der Waals surface area contributed by atoms with Crippen LogP contribution in [0.5, 0.6) is 5.75 Å². The topological polar surface area (TPSA) is 111 Å². The van der Waals surface area contributed by atoms with Crippen molar-refractivity contribution in [2.75, 3.05) is 38.2 Å². The van der Waals surface area contributed by atoms with Gasteiger partial charge in [0.05, 0.1) is 23.8 Å². The van der Waals surface area contributed by atoms with Gasteiger partial charge in [0.1, 0.15) is 23.0 Å². The number of likely N-dealkylation sites (N-methyl/N-ethyl adjacent to an activating group) is 1. The fourth-order valence-electron chi connectivity index (χ4n) is 6.54. The summed E-state index contributed by atoms with van der Waals surface area (Å²) in [5.74, 6) is 0.358. The molecule has 0 spiro atoms. The summed E-state index contributed by atoms with van der Waals surface area (Å²) in [4.78, 5) is 25.0. The van der Waals surface area contributed by atoms with Gasteiger partial charge in [-0.2, -0.15) is 9.40 Å². The number of aromatic nitrogens is 4. The highest BCUT2D eigenvalue weighted by atomic mass is 32.2. The van der Waals surface area contributed by atoms with E-state index in [1.807, 2.05) is 11.9 Å². The highest BCUT2D eigenvalue weighted by Gasteiger charge is 2.54. The van der Waals surface area contributed by atoms with E-state index in [2.05, 4.69) is 15.1 Å². The zero-order chi connectivity index (χ0) is 29.1. The minimum absolute atomic E-state index is 0.00835. The summed E-state index contributed by atoms with van der Waals surface area (Å²) in [7, 11) is -2.11. The Morgan fingerprint density at radius 3 is 2.71 bits per heavy atom. The van der Waals surface area contributed by atoms with E-state index in [0.29, 0.717) is 49.7 Å². The summed E-state index contributed by atoms with van der Waals surface area (Å²) in [5, 5.41) is 4.59. The number of Topliss-reactive ketones (excluding diaryl/α,β-unsaturated/α-hetero) is 1. The molecule has 0 radical (unpaired) electrons. The number of benzene rings is 1. The fraction of sp³-hybridized carbons (Fsp3) is 0.333. The average molecular weight is 589 g/mol. The molecule has 10 nitrogen and oxygen atoms in total. The van der Waals surface area contributed by atoms with Gasteiger partial charge in [0.15, 0.2) is 17.4 Å². The van der Waals surface area contributed by atoms with Gasteiger partial charge in [-0.3, -0.25) is 9.78 Å². The van der Waals surface area contributed by atoms with Crippen molar-refractivity contribution in [2.24, 2.45) is 11.3 Å². The smallest absolute Gasteiger partial charge is 0.244 e. The van der Waals surface area contributed by atoms with Crippen molar-refractivity contribution < 1.29 is 22.3 Å². The first-order valence-corrected chi connectivity index (χ1v) is 15.3. The van der Waals surface area contributed by atoms with Crippen LogP contribution in [0.15, 0.2) is 72.0 Å². The Morgan fingerprint density at radius 2 is 1.93 bits per heavy atom. The number of hydrogen-bond acceptors (Lipinski definition) is 8. The molecule has 2 aliphatic heterocycles. The number of halogens is 1. The first-order valence-electron chi connectivity index (χ1n) is 13.9. The van der Waals surface area contributed by atoms with E-state index in [1.165, 1.54) is 28.7 Å². The molecule has 7 rings (SSSR count). The molecule has 2 unspecified atom stereocenters. The predicted molar refractivity (Wildman–Crippen MR) is 152 cm³/mol. The number of pyridine rings is 2. The molecule has 0 saturated carbocycles. The third-order valence-electron chi connectivity index (χ3n) is 8.78. The number of carbonyl (C=O) groups is 1. The van der Waals surface area contributed by atoms with Gasteiger partial charge < -0.3 is 9.64 Å². The second-order valence-corrected chi connectivity index (χ2v) is 13.1. The van der Waals surface area contributed by atoms with Crippen molar-refractivity contribution in [2.45, 2.75) is 24.2 Å². The maximum Gasteiger partial charge on any atom is 0.244 e. The molecule has 0 amide bonds. The molecule has 12 heteroatoms. The molecule has 5 heterocycles. The lowest BCUT2D eigenvalue weighted by Crippen LogP contribution is -2.57. The number of piperidine rings is 1. The quantitative estimate of drug-likeness (QED) is 0.327. The number of hydrogen-bond donors (Lipinski definition) is 0. The van der Waals surface area contributed by atoms with Crippen molar-refractivity contribution in [3.05, 3.63) is 89.9 Å². The highest BCUT2D eigenvalue weighted by molar-refractivity contribution is 7.89. The molecule has 0 N–H and O–H groups in total. The maximum atomic E-state index is 14.3. The van der Waals surface area contributed by atoms with E-state index in [9.17, 15) is 17.6 Å². The second kappa shape index (κ2) is 9.99. The van der Waals surface area contributed by atoms with Crippen LogP contribution < -0.4 is 9.64 Å². The number of anilines is 1. The lowest BCUT2D eigenvalue weighted by Gasteiger charge is -2.49. The molecule has 1 saturated heterocycles. The van der Waals surface area contributed by atoms with Crippen LogP contribution in [-0.2, 0) is 22.9 Å². The molecule has 0 bridgehead atoms. The Bertz CT molecular complexity index is 1780. The Morgan fingerprint density at radius 1 is 1.10 bits per heavy atom. The molecule has 4 aromatic rings. The minimum atomic E-state index is -3.99. The number of sulfonamides is 1. The average Bonchev–Trinajstić information content (AvgIpc) is 3.42. The molecule has 2 atom stereocenters. The molecular weight excluding hydrogens is 559 g/mol.